The molecule has 15 heavy (non-hydrogen) atoms. The maximum absolute atomic E-state index is 10.9. The molecule has 1 aromatic carbocycles. The fourth-order valence-corrected chi connectivity index (χ4v) is 1.22. The van der Waals surface area contributed by atoms with E-state index in [1.165, 1.54) is 18.2 Å². The quantitative estimate of drug-likeness (QED) is 0.524. The van der Waals surface area contributed by atoms with Crippen molar-refractivity contribution in [3.05, 3.63) is 29.8 Å². The first-order chi connectivity index (χ1) is 7.06. The van der Waals surface area contributed by atoms with Crippen LogP contribution in [0.1, 0.15) is 18.9 Å². The number of aliphatic carboxylic acids is 1. The summed E-state index contributed by atoms with van der Waals surface area (Å²) >= 11 is 0. The molecule has 0 spiro atoms. The van der Waals surface area contributed by atoms with E-state index in [1.807, 2.05) is 6.92 Å². The van der Waals surface area contributed by atoms with Crippen molar-refractivity contribution in [2.45, 2.75) is 13.3 Å². The summed E-state index contributed by atoms with van der Waals surface area (Å²) in [4.78, 5) is 10.9. The van der Waals surface area contributed by atoms with Crippen molar-refractivity contribution in [3.63, 3.8) is 0 Å². The fourth-order valence-electron chi connectivity index (χ4n) is 1.22. The average molecular weight is 208 g/mol. The predicted octanol–water partition coefficient (Wildman–Crippen LogP) is 1.98. The number of phenolic OH excluding ortho intramolecular Hbond substituents is 2. The van der Waals surface area contributed by atoms with Gasteiger partial charge in [0, 0.05) is 0 Å². The van der Waals surface area contributed by atoms with Crippen molar-refractivity contribution in [2.24, 2.45) is 0 Å². The second kappa shape index (κ2) is 4.50. The standard InChI is InChI=1S/C11H12O4/c1-2-3-8(11(14)15)7-4-5-9(12)10(13)6-7/h3-6,12-13H,2H2,1H3,(H,14,15)/b8-3-. The molecule has 0 unspecified atom stereocenters. The summed E-state index contributed by atoms with van der Waals surface area (Å²) in [6.45, 7) is 1.82. The minimum atomic E-state index is -1.05. The third-order valence-corrected chi connectivity index (χ3v) is 1.93. The molecule has 0 heterocycles. The van der Waals surface area contributed by atoms with Gasteiger partial charge in [-0.05, 0) is 24.1 Å². The monoisotopic (exact) mass is 208 g/mol. The van der Waals surface area contributed by atoms with E-state index in [2.05, 4.69) is 0 Å². The van der Waals surface area contributed by atoms with Gasteiger partial charge in [0.05, 0.1) is 5.57 Å². The average Bonchev–Trinajstić information content (AvgIpc) is 2.18. The third-order valence-electron chi connectivity index (χ3n) is 1.93. The van der Waals surface area contributed by atoms with Crippen LogP contribution in [0, 0.1) is 0 Å². The normalized spacial score (nSPS) is 11.4. The number of rotatable bonds is 3. The summed E-state index contributed by atoms with van der Waals surface area (Å²) < 4.78 is 0. The van der Waals surface area contributed by atoms with Crippen molar-refractivity contribution in [3.8, 4) is 11.5 Å². The van der Waals surface area contributed by atoms with E-state index in [9.17, 15) is 9.90 Å². The highest BCUT2D eigenvalue weighted by Gasteiger charge is 2.11. The SMILES string of the molecule is CC/C=C(\C(=O)O)c1ccc(O)c(O)c1. The van der Waals surface area contributed by atoms with Gasteiger partial charge in [-0.2, -0.15) is 0 Å². The first-order valence-corrected chi connectivity index (χ1v) is 4.52. The van der Waals surface area contributed by atoms with Gasteiger partial charge in [-0.15, -0.1) is 0 Å². The number of aromatic hydroxyl groups is 2. The van der Waals surface area contributed by atoms with Crippen LogP contribution in [-0.4, -0.2) is 21.3 Å². The van der Waals surface area contributed by atoms with Crippen LogP contribution in [0.25, 0.3) is 5.57 Å². The van der Waals surface area contributed by atoms with Crippen LogP contribution in [0.2, 0.25) is 0 Å². The van der Waals surface area contributed by atoms with Gasteiger partial charge in [0.1, 0.15) is 0 Å². The molecule has 1 aromatic rings. The Morgan fingerprint density at radius 3 is 2.47 bits per heavy atom. The Balaban J connectivity index is 3.19. The molecule has 0 aliphatic rings. The number of hydrogen-bond donors (Lipinski definition) is 3. The minimum absolute atomic E-state index is 0.118. The number of carboxylic acid groups (broad SMARTS) is 1. The topological polar surface area (TPSA) is 77.8 Å². The number of carbonyl (C=O) groups is 1. The Hall–Kier alpha value is -1.97. The lowest BCUT2D eigenvalue weighted by molar-refractivity contribution is -0.130. The summed E-state index contributed by atoms with van der Waals surface area (Å²) in [5.41, 5.74) is 0.493. The zero-order valence-corrected chi connectivity index (χ0v) is 8.27. The summed E-state index contributed by atoms with van der Waals surface area (Å²) in [6.07, 6.45) is 2.14. The molecule has 4 heteroatoms. The van der Waals surface area contributed by atoms with Crippen molar-refractivity contribution in [1.29, 1.82) is 0 Å². The van der Waals surface area contributed by atoms with Gasteiger partial charge in [0.2, 0.25) is 0 Å². The molecule has 0 aliphatic carbocycles. The second-order valence-electron chi connectivity index (χ2n) is 3.03. The Kier molecular flexibility index (Phi) is 3.33. The largest absolute Gasteiger partial charge is 0.504 e. The molecule has 0 radical (unpaired) electrons. The van der Waals surface area contributed by atoms with Gasteiger partial charge in [-0.1, -0.05) is 19.1 Å². The van der Waals surface area contributed by atoms with Gasteiger partial charge in [-0.25, -0.2) is 4.79 Å². The smallest absolute Gasteiger partial charge is 0.335 e. The lowest BCUT2D eigenvalue weighted by Crippen LogP contribution is -1.99. The Bertz CT molecular complexity index is 407. The lowest BCUT2D eigenvalue weighted by Gasteiger charge is -2.04. The molecule has 0 aromatic heterocycles. The van der Waals surface area contributed by atoms with Gasteiger partial charge in [0.15, 0.2) is 11.5 Å². The second-order valence-corrected chi connectivity index (χ2v) is 3.03. The van der Waals surface area contributed by atoms with Crippen molar-refractivity contribution < 1.29 is 20.1 Å². The minimum Gasteiger partial charge on any atom is -0.504 e. The highest BCUT2D eigenvalue weighted by molar-refractivity contribution is 6.15. The highest BCUT2D eigenvalue weighted by Crippen LogP contribution is 2.28. The van der Waals surface area contributed by atoms with E-state index in [1.54, 1.807) is 6.08 Å². The molecule has 0 bridgehead atoms. The lowest BCUT2D eigenvalue weighted by atomic mass is 10.0. The Labute approximate surface area is 87.1 Å². The van der Waals surface area contributed by atoms with Crippen LogP contribution < -0.4 is 0 Å². The molecular formula is C11H12O4. The molecule has 80 valence electrons. The van der Waals surface area contributed by atoms with Crippen molar-refractivity contribution in [1.82, 2.24) is 0 Å². The number of phenols is 2. The fraction of sp³-hybridized carbons (Fsp3) is 0.182. The number of allylic oxidation sites excluding steroid dienone is 1. The van der Waals surface area contributed by atoms with Gasteiger partial charge < -0.3 is 15.3 Å². The maximum atomic E-state index is 10.9. The first kappa shape index (κ1) is 11.1. The highest BCUT2D eigenvalue weighted by atomic mass is 16.4. The Morgan fingerprint density at radius 2 is 2.00 bits per heavy atom. The zero-order chi connectivity index (χ0) is 11.4. The molecule has 0 atom stereocenters. The molecule has 0 saturated heterocycles. The van der Waals surface area contributed by atoms with E-state index in [-0.39, 0.29) is 17.1 Å². The van der Waals surface area contributed by atoms with Gasteiger partial charge in [-0.3, -0.25) is 0 Å². The summed E-state index contributed by atoms with van der Waals surface area (Å²) in [5, 5.41) is 27.2. The summed E-state index contributed by atoms with van der Waals surface area (Å²) in [6, 6.07) is 3.94. The summed E-state index contributed by atoms with van der Waals surface area (Å²) in [5.74, 6) is -1.64. The van der Waals surface area contributed by atoms with E-state index >= 15 is 0 Å². The number of benzene rings is 1. The zero-order valence-electron chi connectivity index (χ0n) is 8.27. The number of carboxylic acids is 1. The van der Waals surface area contributed by atoms with E-state index in [0.717, 1.165) is 0 Å². The molecule has 4 nitrogen and oxygen atoms in total. The van der Waals surface area contributed by atoms with Gasteiger partial charge in [0.25, 0.3) is 0 Å². The van der Waals surface area contributed by atoms with Crippen molar-refractivity contribution >= 4 is 11.5 Å². The molecule has 3 N–H and O–H groups in total. The third kappa shape index (κ3) is 2.49. The van der Waals surface area contributed by atoms with Crippen LogP contribution >= 0.6 is 0 Å². The van der Waals surface area contributed by atoms with Crippen molar-refractivity contribution in [2.75, 3.05) is 0 Å². The van der Waals surface area contributed by atoms with E-state index in [0.29, 0.717) is 12.0 Å². The molecule has 0 aliphatic heterocycles. The first-order valence-electron chi connectivity index (χ1n) is 4.52. The summed E-state index contributed by atoms with van der Waals surface area (Å²) in [7, 11) is 0. The number of hydrogen-bond acceptors (Lipinski definition) is 3. The molecule has 1 rings (SSSR count). The van der Waals surface area contributed by atoms with E-state index < -0.39 is 5.97 Å². The predicted molar refractivity (Wildman–Crippen MR) is 55.7 cm³/mol. The van der Waals surface area contributed by atoms with Gasteiger partial charge >= 0.3 is 5.97 Å². The van der Waals surface area contributed by atoms with Crippen LogP contribution in [0.15, 0.2) is 24.3 Å². The Morgan fingerprint density at radius 1 is 1.33 bits per heavy atom. The molecule has 0 saturated carbocycles. The maximum Gasteiger partial charge on any atom is 0.335 e. The van der Waals surface area contributed by atoms with Crippen LogP contribution in [0.3, 0.4) is 0 Å². The van der Waals surface area contributed by atoms with Crippen LogP contribution in [-0.2, 0) is 4.79 Å². The van der Waals surface area contributed by atoms with E-state index in [4.69, 9.17) is 10.2 Å². The van der Waals surface area contributed by atoms with Crippen LogP contribution in [0.5, 0.6) is 11.5 Å². The molecular weight excluding hydrogens is 196 g/mol. The molecule has 0 fully saturated rings. The molecule has 0 amide bonds. The van der Waals surface area contributed by atoms with Crippen LogP contribution in [0.4, 0.5) is 0 Å².